The van der Waals surface area contributed by atoms with Gasteiger partial charge in [-0.3, -0.25) is 4.79 Å². The number of rotatable bonds is 3. The van der Waals surface area contributed by atoms with E-state index >= 15 is 0 Å². The first-order chi connectivity index (χ1) is 7.64. The van der Waals surface area contributed by atoms with Crippen molar-refractivity contribution in [2.75, 3.05) is 19.6 Å². The van der Waals surface area contributed by atoms with Crippen molar-refractivity contribution in [3.8, 4) is 0 Å². The Bertz CT molecular complexity index is 263. The van der Waals surface area contributed by atoms with Crippen LogP contribution in [-0.4, -0.2) is 42.0 Å². The van der Waals surface area contributed by atoms with Crippen molar-refractivity contribution in [3.05, 3.63) is 0 Å². The van der Waals surface area contributed by atoms with E-state index in [2.05, 4.69) is 17.1 Å². The van der Waals surface area contributed by atoms with Gasteiger partial charge in [-0.25, -0.2) is 0 Å². The second-order valence-electron chi connectivity index (χ2n) is 5.22. The lowest BCUT2D eigenvalue weighted by molar-refractivity contribution is -0.130. The van der Waals surface area contributed by atoms with Gasteiger partial charge in [0.2, 0.25) is 5.91 Å². The molecule has 1 unspecified atom stereocenters. The smallest absolute Gasteiger partial charge is 0.240 e. The minimum atomic E-state index is -0.547. The average molecular weight is 225 g/mol. The summed E-state index contributed by atoms with van der Waals surface area (Å²) < 4.78 is 0. The van der Waals surface area contributed by atoms with Crippen LogP contribution in [0.1, 0.15) is 39.0 Å². The minimum Gasteiger partial charge on any atom is -0.350 e. The topological polar surface area (TPSA) is 58.4 Å². The van der Waals surface area contributed by atoms with Crippen LogP contribution in [0.15, 0.2) is 0 Å². The molecule has 2 rings (SSSR count). The zero-order chi connectivity index (χ0) is 11.6. The summed E-state index contributed by atoms with van der Waals surface area (Å²) in [6.45, 7) is 5.38. The summed E-state index contributed by atoms with van der Waals surface area (Å²) in [5.41, 5.74) is 5.46. The van der Waals surface area contributed by atoms with Crippen molar-refractivity contribution in [3.63, 3.8) is 0 Å². The first-order valence-electron chi connectivity index (χ1n) is 6.46. The van der Waals surface area contributed by atoms with Crippen LogP contribution in [0.4, 0.5) is 0 Å². The summed E-state index contributed by atoms with van der Waals surface area (Å²) in [7, 11) is 0. The number of carbonyl (C=O) groups is 1. The Morgan fingerprint density at radius 3 is 2.81 bits per heavy atom. The standard InChI is InChI=1S/C12H23N3O/c1-2-15-8-3-5-10(9-15)14-11(16)12(13)6-4-7-12/h10H,2-9,13H2,1H3,(H,14,16). The molecule has 0 radical (unpaired) electrons. The predicted molar refractivity (Wildman–Crippen MR) is 64.0 cm³/mol. The summed E-state index contributed by atoms with van der Waals surface area (Å²) in [6.07, 6.45) is 5.07. The molecule has 1 aliphatic heterocycles. The quantitative estimate of drug-likeness (QED) is 0.734. The van der Waals surface area contributed by atoms with Gasteiger partial charge < -0.3 is 16.0 Å². The van der Waals surface area contributed by atoms with Gasteiger partial charge in [0.05, 0.1) is 5.54 Å². The fraction of sp³-hybridized carbons (Fsp3) is 0.917. The summed E-state index contributed by atoms with van der Waals surface area (Å²) >= 11 is 0. The first-order valence-corrected chi connectivity index (χ1v) is 6.46. The van der Waals surface area contributed by atoms with Gasteiger partial charge in [0.1, 0.15) is 0 Å². The second kappa shape index (κ2) is 4.72. The van der Waals surface area contributed by atoms with Crippen molar-refractivity contribution >= 4 is 5.91 Å². The normalized spacial score (nSPS) is 29.5. The number of nitrogens with two attached hydrogens (primary N) is 1. The van der Waals surface area contributed by atoms with E-state index in [0.717, 1.165) is 45.3 Å². The lowest BCUT2D eigenvalue weighted by Crippen LogP contribution is -2.61. The van der Waals surface area contributed by atoms with E-state index in [1.54, 1.807) is 0 Å². The Morgan fingerprint density at radius 1 is 1.50 bits per heavy atom. The Kier molecular flexibility index (Phi) is 3.50. The van der Waals surface area contributed by atoms with Gasteiger partial charge in [-0.2, -0.15) is 0 Å². The number of likely N-dealkylation sites (N-methyl/N-ethyl adjacent to an activating group) is 1. The largest absolute Gasteiger partial charge is 0.350 e. The highest BCUT2D eigenvalue weighted by atomic mass is 16.2. The Labute approximate surface area is 97.6 Å². The van der Waals surface area contributed by atoms with Crippen LogP contribution < -0.4 is 11.1 Å². The summed E-state index contributed by atoms with van der Waals surface area (Å²) in [4.78, 5) is 14.3. The molecule has 1 aliphatic carbocycles. The Balaban J connectivity index is 1.82. The van der Waals surface area contributed by atoms with E-state index in [1.165, 1.54) is 6.42 Å². The van der Waals surface area contributed by atoms with E-state index in [4.69, 9.17) is 5.73 Å². The third-order valence-electron chi connectivity index (χ3n) is 3.99. The van der Waals surface area contributed by atoms with E-state index in [-0.39, 0.29) is 5.91 Å². The van der Waals surface area contributed by atoms with Crippen LogP contribution in [0, 0.1) is 0 Å². The SMILES string of the molecule is CCN1CCCC(NC(=O)C2(N)CCC2)C1. The van der Waals surface area contributed by atoms with Crippen LogP contribution in [0.3, 0.4) is 0 Å². The molecule has 92 valence electrons. The summed E-state index contributed by atoms with van der Waals surface area (Å²) in [5.74, 6) is 0.0710. The highest BCUT2D eigenvalue weighted by Crippen LogP contribution is 2.29. The summed E-state index contributed by atoms with van der Waals surface area (Å²) in [6, 6.07) is 0.308. The third-order valence-corrected chi connectivity index (χ3v) is 3.99. The van der Waals surface area contributed by atoms with Gasteiger partial charge in [0.15, 0.2) is 0 Å². The number of hydrogen-bond acceptors (Lipinski definition) is 3. The molecule has 1 amide bonds. The van der Waals surface area contributed by atoms with E-state index in [1.807, 2.05) is 0 Å². The summed E-state index contributed by atoms with van der Waals surface area (Å²) in [5, 5.41) is 3.12. The van der Waals surface area contributed by atoms with Crippen molar-refractivity contribution in [2.24, 2.45) is 5.73 Å². The lowest BCUT2D eigenvalue weighted by Gasteiger charge is -2.39. The maximum atomic E-state index is 12.0. The number of hydrogen-bond donors (Lipinski definition) is 2. The molecule has 1 saturated carbocycles. The minimum absolute atomic E-state index is 0.0710. The van der Waals surface area contributed by atoms with Gasteiger partial charge in [-0.15, -0.1) is 0 Å². The molecule has 4 nitrogen and oxygen atoms in total. The van der Waals surface area contributed by atoms with Crippen LogP contribution in [0.25, 0.3) is 0 Å². The van der Waals surface area contributed by atoms with Gasteiger partial charge >= 0.3 is 0 Å². The number of carbonyl (C=O) groups excluding carboxylic acids is 1. The molecule has 0 aromatic carbocycles. The van der Waals surface area contributed by atoms with Crippen LogP contribution in [0.5, 0.6) is 0 Å². The van der Waals surface area contributed by atoms with Crippen LogP contribution in [0.2, 0.25) is 0 Å². The van der Waals surface area contributed by atoms with Crippen molar-refractivity contribution in [1.82, 2.24) is 10.2 Å². The molecule has 0 spiro atoms. The molecule has 2 fully saturated rings. The van der Waals surface area contributed by atoms with Gasteiger partial charge in [0.25, 0.3) is 0 Å². The van der Waals surface area contributed by atoms with E-state index < -0.39 is 5.54 Å². The maximum absolute atomic E-state index is 12.0. The third kappa shape index (κ3) is 2.38. The van der Waals surface area contributed by atoms with Crippen molar-refractivity contribution in [2.45, 2.75) is 50.6 Å². The molecule has 0 aromatic rings. The molecule has 0 aromatic heterocycles. The molecule has 16 heavy (non-hydrogen) atoms. The Hall–Kier alpha value is -0.610. The van der Waals surface area contributed by atoms with Gasteiger partial charge in [-0.1, -0.05) is 6.92 Å². The van der Waals surface area contributed by atoms with Crippen LogP contribution >= 0.6 is 0 Å². The maximum Gasteiger partial charge on any atom is 0.240 e. The monoisotopic (exact) mass is 225 g/mol. The number of likely N-dealkylation sites (tertiary alicyclic amines) is 1. The van der Waals surface area contributed by atoms with Gasteiger partial charge in [0, 0.05) is 12.6 Å². The zero-order valence-corrected chi connectivity index (χ0v) is 10.2. The number of nitrogens with zero attached hydrogens (tertiary/aromatic N) is 1. The molecule has 1 saturated heterocycles. The van der Waals surface area contributed by atoms with Crippen molar-refractivity contribution < 1.29 is 4.79 Å². The fourth-order valence-electron chi connectivity index (χ4n) is 2.57. The molecular weight excluding hydrogens is 202 g/mol. The average Bonchev–Trinajstić information content (AvgIpc) is 2.26. The van der Waals surface area contributed by atoms with Gasteiger partial charge in [-0.05, 0) is 45.2 Å². The number of amides is 1. The highest BCUT2D eigenvalue weighted by molar-refractivity contribution is 5.87. The lowest BCUT2D eigenvalue weighted by atomic mass is 9.77. The molecule has 1 heterocycles. The number of nitrogens with one attached hydrogen (secondary N) is 1. The van der Waals surface area contributed by atoms with E-state index in [9.17, 15) is 4.79 Å². The molecule has 0 bridgehead atoms. The van der Waals surface area contributed by atoms with Crippen LogP contribution in [-0.2, 0) is 4.79 Å². The van der Waals surface area contributed by atoms with Crippen molar-refractivity contribution in [1.29, 1.82) is 0 Å². The molecule has 3 N–H and O–H groups in total. The number of piperidine rings is 1. The molecule has 2 aliphatic rings. The highest BCUT2D eigenvalue weighted by Gasteiger charge is 2.40. The molecule has 1 atom stereocenters. The van der Waals surface area contributed by atoms with E-state index in [0.29, 0.717) is 6.04 Å². The predicted octanol–water partition coefficient (Wildman–Crippen LogP) is 0.468. The first kappa shape index (κ1) is 11.9. The molecule has 4 heteroatoms. The second-order valence-corrected chi connectivity index (χ2v) is 5.22. The Morgan fingerprint density at radius 2 is 2.25 bits per heavy atom. The molecular formula is C12H23N3O. The fourth-order valence-corrected chi connectivity index (χ4v) is 2.57. The zero-order valence-electron chi connectivity index (χ0n) is 10.2.